The molecule has 2 rings (SSSR count). The molecule has 1 aliphatic rings. The van der Waals surface area contributed by atoms with Crippen LogP contribution in [0.2, 0.25) is 10.0 Å². The largest absolute Gasteiger partial charge is 0.495 e. The third-order valence-corrected chi connectivity index (χ3v) is 4.91. The predicted octanol–water partition coefficient (Wildman–Crippen LogP) is 6.25. The molecule has 1 nitrogen and oxygen atoms in total. The molecule has 106 valence electrons. The SMILES string of the molecule is COc1cc(Cl)c(C(Cl)CC2CCCCC2)cc1Cl. The molecule has 0 saturated heterocycles. The molecule has 0 heterocycles. The number of methoxy groups -OCH3 is 1. The van der Waals surface area contributed by atoms with Crippen molar-refractivity contribution in [2.75, 3.05) is 7.11 Å². The van der Waals surface area contributed by atoms with Crippen molar-refractivity contribution in [2.45, 2.75) is 43.9 Å². The number of hydrogen-bond donors (Lipinski definition) is 0. The van der Waals surface area contributed by atoms with E-state index in [0.29, 0.717) is 21.7 Å². The summed E-state index contributed by atoms with van der Waals surface area (Å²) in [5.74, 6) is 1.31. The van der Waals surface area contributed by atoms with Gasteiger partial charge in [0.2, 0.25) is 0 Å². The lowest BCUT2D eigenvalue weighted by atomic mass is 9.85. The van der Waals surface area contributed by atoms with E-state index in [0.717, 1.165) is 12.0 Å². The van der Waals surface area contributed by atoms with Crippen molar-refractivity contribution in [3.63, 3.8) is 0 Å². The zero-order valence-corrected chi connectivity index (χ0v) is 13.4. The molecule has 1 unspecified atom stereocenters. The van der Waals surface area contributed by atoms with Gasteiger partial charge in [-0.3, -0.25) is 0 Å². The molecule has 0 aliphatic heterocycles. The topological polar surface area (TPSA) is 9.23 Å². The van der Waals surface area contributed by atoms with Gasteiger partial charge >= 0.3 is 0 Å². The Kier molecular flexibility index (Phi) is 5.68. The number of rotatable bonds is 4. The van der Waals surface area contributed by atoms with E-state index in [1.54, 1.807) is 13.2 Å². The normalized spacial score (nSPS) is 18.3. The molecule has 4 heteroatoms. The molecule has 1 aromatic carbocycles. The maximum atomic E-state index is 6.53. The van der Waals surface area contributed by atoms with Crippen LogP contribution >= 0.6 is 34.8 Å². The lowest BCUT2D eigenvalue weighted by Gasteiger charge is -2.24. The first-order valence-electron chi connectivity index (χ1n) is 6.78. The molecule has 0 aromatic heterocycles. The Morgan fingerprint density at radius 2 is 1.84 bits per heavy atom. The summed E-state index contributed by atoms with van der Waals surface area (Å²) in [5.41, 5.74) is 0.916. The van der Waals surface area contributed by atoms with E-state index in [1.165, 1.54) is 32.1 Å². The fourth-order valence-electron chi connectivity index (χ4n) is 2.78. The predicted molar refractivity (Wildman–Crippen MR) is 82.8 cm³/mol. The van der Waals surface area contributed by atoms with Crippen LogP contribution in [0.3, 0.4) is 0 Å². The Labute approximate surface area is 130 Å². The Morgan fingerprint density at radius 3 is 2.47 bits per heavy atom. The molecule has 19 heavy (non-hydrogen) atoms. The molecule has 0 spiro atoms. The van der Waals surface area contributed by atoms with E-state index in [1.807, 2.05) is 6.07 Å². The average molecular weight is 322 g/mol. The van der Waals surface area contributed by atoms with Crippen LogP contribution in [0, 0.1) is 5.92 Å². The van der Waals surface area contributed by atoms with Gasteiger partial charge in [0.05, 0.1) is 17.5 Å². The highest BCUT2D eigenvalue weighted by Crippen LogP contribution is 2.41. The zero-order chi connectivity index (χ0) is 13.8. The van der Waals surface area contributed by atoms with E-state index in [9.17, 15) is 0 Å². The van der Waals surface area contributed by atoms with Crippen LogP contribution in [0.15, 0.2) is 12.1 Å². The number of alkyl halides is 1. The minimum absolute atomic E-state index is 0.0704. The number of ether oxygens (including phenoxy) is 1. The highest BCUT2D eigenvalue weighted by atomic mass is 35.5. The second-order valence-electron chi connectivity index (χ2n) is 5.22. The Morgan fingerprint density at radius 1 is 1.16 bits per heavy atom. The van der Waals surface area contributed by atoms with Gasteiger partial charge in [-0.15, -0.1) is 11.6 Å². The Hall–Kier alpha value is -0.110. The minimum Gasteiger partial charge on any atom is -0.495 e. The smallest absolute Gasteiger partial charge is 0.138 e. The minimum atomic E-state index is -0.0704. The maximum absolute atomic E-state index is 6.53. The molecule has 0 bridgehead atoms. The fraction of sp³-hybridized carbons (Fsp3) is 0.600. The molecule has 1 atom stereocenters. The molecular weight excluding hydrogens is 303 g/mol. The van der Waals surface area contributed by atoms with Crippen molar-refractivity contribution in [1.82, 2.24) is 0 Å². The van der Waals surface area contributed by atoms with Crippen molar-refractivity contribution >= 4 is 34.8 Å². The summed E-state index contributed by atoms with van der Waals surface area (Å²) in [7, 11) is 1.58. The fourth-order valence-corrected chi connectivity index (χ4v) is 3.81. The summed E-state index contributed by atoms with van der Waals surface area (Å²) in [5, 5.41) is 1.13. The summed E-state index contributed by atoms with van der Waals surface area (Å²) in [6, 6.07) is 3.58. The summed E-state index contributed by atoms with van der Waals surface area (Å²) >= 11 is 18.9. The third-order valence-electron chi connectivity index (χ3n) is 3.87. The first-order chi connectivity index (χ1) is 9.11. The second kappa shape index (κ2) is 7.06. The van der Waals surface area contributed by atoms with E-state index in [2.05, 4.69) is 0 Å². The van der Waals surface area contributed by atoms with Crippen molar-refractivity contribution < 1.29 is 4.74 Å². The second-order valence-corrected chi connectivity index (χ2v) is 6.56. The van der Waals surface area contributed by atoms with Crippen LogP contribution in [0.4, 0.5) is 0 Å². The highest BCUT2D eigenvalue weighted by Gasteiger charge is 2.21. The standard InChI is InChI=1S/C15H19Cl3O/c1-19-15-9-13(17)11(8-14(15)18)12(16)7-10-5-3-2-4-6-10/h8-10,12H,2-7H2,1H3. The monoisotopic (exact) mass is 320 g/mol. The molecule has 0 amide bonds. The first-order valence-corrected chi connectivity index (χ1v) is 7.98. The van der Waals surface area contributed by atoms with Gasteiger partial charge in [-0.2, -0.15) is 0 Å². The van der Waals surface area contributed by atoms with Crippen molar-refractivity contribution in [3.05, 3.63) is 27.7 Å². The molecular formula is C15H19Cl3O. The van der Waals surface area contributed by atoms with Gasteiger partial charge in [0.1, 0.15) is 5.75 Å². The Bertz CT molecular complexity index is 428. The van der Waals surface area contributed by atoms with E-state index >= 15 is 0 Å². The van der Waals surface area contributed by atoms with Crippen molar-refractivity contribution in [2.24, 2.45) is 5.92 Å². The molecule has 0 N–H and O–H groups in total. The van der Waals surface area contributed by atoms with Gasteiger partial charge < -0.3 is 4.74 Å². The van der Waals surface area contributed by atoms with Gasteiger partial charge in [-0.1, -0.05) is 55.3 Å². The van der Waals surface area contributed by atoms with Crippen LogP contribution in [-0.4, -0.2) is 7.11 Å². The van der Waals surface area contributed by atoms with Gasteiger partial charge in [-0.05, 0) is 24.0 Å². The molecule has 1 saturated carbocycles. The number of halogens is 3. The van der Waals surface area contributed by atoms with E-state index < -0.39 is 0 Å². The maximum Gasteiger partial charge on any atom is 0.138 e. The van der Waals surface area contributed by atoms with Gasteiger partial charge in [0.25, 0.3) is 0 Å². The van der Waals surface area contributed by atoms with Crippen LogP contribution < -0.4 is 4.74 Å². The van der Waals surface area contributed by atoms with Gasteiger partial charge in [-0.25, -0.2) is 0 Å². The molecule has 0 radical (unpaired) electrons. The van der Waals surface area contributed by atoms with Crippen molar-refractivity contribution in [3.8, 4) is 5.75 Å². The van der Waals surface area contributed by atoms with Crippen LogP contribution in [0.5, 0.6) is 5.75 Å². The first kappa shape index (κ1) is 15.3. The van der Waals surface area contributed by atoms with Crippen LogP contribution in [0.1, 0.15) is 49.5 Å². The average Bonchev–Trinajstić information content (AvgIpc) is 2.42. The quantitative estimate of drug-likeness (QED) is 0.595. The van der Waals surface area contributed by atoms with Crippen molar-refractivity contribution in [1.29, 1.82) is 0 Å². The summed E-state index contributed by atoms with van der Waals surface area (Å²) in [4.78, 5) is 0. The Balaban J connectivity index is 2.09. The number of hydrogen-bond acceptors (Lipinski definition) is 1. The summed E-state index contributed by atoms with van der Waals surface area (Å²) < 4.78 is 5.15. The van der Waals surface area contributed by atoms with Gasteiger partial charge in [0.15, 0.2) is 0 Å². The van der Waals surface area contributed by atoms with Gasteiger partial charge in [0, 0.05) is 11.1 Å². The van der Waals surface area contributed by atoms with E-state index in [-0.39, 0.29) is 5.38 Å². The summed E-state index contributed by atoms with van der Waals surface area (Å²) in [6.07, 6.45) is 7.55. The lowest BCUT2D eigenvalue weighted by Crippen LogP contribution is -2.09. The molecule has 1 aromatic rings. The molecule has 1 fully saturated rings. The third kappa shape index (κ3) is 3.93. The van der Waals surface area contributed by atoms with Crippen LogP contribution in [-0.2, 0) is 0 Å². The highest BCUT2D eigenvalue weighted by molar-refractivity contribution is 6.35. The van der Waals surface area contributed by atoms with E-state index in [4.69, 9.17) is 39.5 Å². The summed E-state index contributed by atoms with van der Waals surface area (Å²) in [6.45, 7) is 0. The van der Waals surface area contributed by atoms with Crippen LogP contribution in [0.25, 0.3) is 0 Å². The molecule has 1 aliphatic carbocycles. The zero-order valence-electron chi connectivity index (χ0n) is 11.1. The lowest BCUT2D eigenvalue weighted by molar-refractivity contribution is 0.336. The number of benzene rings is 1.